The number of rotatable bonds is 3. The number of nitrogen functional groups attached to an aromatic ring is 1. The average Bonchev–Trinajstić information content (AvgIpc) is 2.89. The second-order valence-corrected chi connectivity index (χ2v) is 5.05. The highest BCUT2D eigenvalue weighted by Gasteiger charge is 2.15. The van der Waals surface area contributed by atoms with Gasteiger partial charge in [-0.3, -0.25) is 10.2 Å². The number of benzene rings is 1. The van der Waals surface area contributed by atoms with Gasteiger partial charge in [-0.1, -0.05) is 6.07 Å². The van der Waals surface area contributed by atoms with Crippen LogP contribution in [0.15, 0.2) is 36.5 Å². The Kier molecular flexibility index (Phi) is 5.38. The minimum atomic E-state index is -0.833. The second kappa shape index (κ2) is 7.47. The zero-order valence-corrected chi connectivity index (χ0v) is 13.2. The van der Waals surface area contributed by atoms with E-state index < -0.39 is 17.6 Å². The smallest absolute Gasteiger partial charge is 0.300 e. The molecule has 1 aromatic carbocycles. The lowest BCUT2D eigenvalue weighted by atomic mass is 10.2. The van der Waals surface area contributed by atoms with E-state index in [9.17, 15) is 8.78 Å². The lowest BCUT2D eigenvalue weighted by Crippen LogP contribution is -2.13. The highest BCUT2D eigenvalue weighted by molar-refractivity contribution is 6.04. The average molecular weight is 347 g/mol. The maximum Gasteiger partial charge on any atom is 0.300 e. The van der Waals surface area contributed by atoms with Crippen molar-refractivity contribution in [3.05, 3.63) is 59.4 Å². The molecule has 9 heteroatoms. The van der Waals surface area contributed by atoms with Gasteiger partial charge in [-0.25, -0.2) is 18.4 Å². The number of hydrogen-bond donors (Lipinski definition) is 3. The molecule has 7 nitrogen and oxygen atoms in total. The van der Waals surface area contributed by atoms with Gasteiger partial charge >= 0.3 is 0 Å². The third kappa shape index (κ3) is 4.34. The van der Waals surface area contributed by atoms with Crippen LogP contribution in [0.3, 0.4) is 0 Å². The van der Waals surface area contributed by atoms with Gasteiger partial charge in [0.1, 0.15) is 23.2 Å². The maximum absolute atomic E-state index is 13.7. The zero-order valence-electron chi connectivity index (χ0n) is 13.2. The minimum Gasteiger partial charge on any atom is -0.481 e. The van der Waals surface area contributed by atoms with Gasteiger partial charge in [0, 0.05) is 24.8 Å². The summed E-state index contributed by atoms with van der Waals surface area (Å²) >= 11 is 0. The van der Waals surface area contributed by atoms with E-state index in [1.807, 2.05) is 0 Å². The molecule has 4 N–H and O–H groups in total. The van der Waals surface area contributed by atoms with E-state index in [1.54, 1.807) is 18.3 Å². The number of nitrogens with one attached hydrogen (secondary N) is 1. The SMILES string of the molecule is CC(=O)O.N=C(N)c1nn(Cc2ccc(F)cc2F)c2ncccc12. The molecule has 25 heavy (non-hydrogen) atoms. The fraction of sp³-hybridized carbons (Fsp3) is 0.125. The number of hydrogen-bond acceptors (Lipinski definition) is 4. The van der Waals surface area contributed by atoms with E-state index in [-0.39, 0.29) is 17.9 Å². The van der Waals surface area contributed by atoms with E-state index in [1.165, 1.54) is 16.8 Å². The number of nitrogens with zero attached hydrogens (tertiary/aromatic N) is 3. The Morgan fingerprint density at radius 3 is 2.64 bits per heavy atom. The molecule has 0 aliphatic rings. The molecule has 0 aliphatic heterocycles. The van der Waals surface area contributed by atoms with Crippen molar-refractivity contribution in [2.75, 3.05) is 0 Å². The molecule has 0 amide bonds. The van der Waals surface area contributed by atoms with Crippen molar-refractivity contribution in [1.82, 2.24) is 14.8 Å². The number of fused-ring (bicyclic) bond motifs is 1. The van der Waals surface area contributed by atoms with Crippen LogP contribution in [0.4, 0.5) is 8.78 Å². The Bertz CT molecular complexity index is 935. The minimum absolute atomic E-state index is 0.0763. The van der Waals surface area contributed by atoms with Crippen molar-refractivity contribution >= 4 is 22.8 Å². The third-order valence-electron chi connectivity index (χ3n) is 3.10. The highest BCUT2D eigenvalue weighted by Crippen LogP contribution is 2.18. The summed E-state index contributed by atoms with van der Waals surface area (Å²) in [6.45, 7) is 1.16. The molecule has 0 aliphatic carbocycles. The second-order valence-electron chi connectivity index (χ2n) is 5.05. The first-order valence-electron chi connectivity index (χ1n) is 7.09. The summed E-state index contributed by atoms with van der Waals surface area (Å²) in [5, 5.41) is 19.8. The van der Waals surface area contributed by atoms with Gasteiger partial charge in [0.15, 0.2) is 5.65 Å². The molecule has 2 heterocycles. The molecule has 3 rings (SSSR count). The first kappa shape index (κ1) is 18.0. The molecule has 0 unspecified atom stereocenters. The van der Waals surface area contributed by atoms with Crippen molar-refractivity contribution in [2.45, 2.75) is 13.5 Å². The number of aromatic nitrogens is 3. The lowest BCUT2D eigenvalue weighted by Gasteiger charge is -2.04. The molecule has 3 aromatic rings. The Balaban J connectivity index is 0.000000511. The van der Waals surface area contributed by atoms with Crippen molar-refractivity contribution in [1.29, 1.82) is 5.41 Å². The van der Waals surface area contributed by atoms with Crippen molar-refractivity contribution in [3.63, 3.8) is 0 Å². The standard InChI is InChI=1S/C14H11F2N5.C2H4O2/c15-9-4-3-8(11(16)6-9)7-21-14-10(2-1-5-19-14)12(20-21)13(17)18;1-2(3)4/h1-6H,7H2,(H3,17,18);1H3,(H,3,4). The highest BCUT2D eigenvalue weighted by atomic mass is 19.1. The number of nitrogens with two attached hydrogens (primary N) is 1. The fourth-order valence-electron chi connectivity index (χ4n) is 2.13. The number of halogens is 2. The molecule has 130 valence electrons. The van der Waals surface area contributed by atoms with Crippen LogP contribution in [-0.4, -0.2) is 31.7 Å². The van der Waals surface area contributed by atoms with E-state index in [0.29, 0.717) is 16.7 Å². The first-order valence-corrected chi connectivity index (χ1v) is 7.09. The summed E-state index contributed by atoms with van der Waals surface area (Å²) in [6.07, 6.45) is 1.57. The number of carboxylic acids is 1. The fourth-order valence-corrected chi connectivity index (χ4v) is 2.13. The zero-order chi connectivity index (χ0) is 18.6. The van der Waals surface area contributed by atoms with Crippen LogP contribution in [0.1, 0.15) is 18.2 Å². The summed E-state index contributed by atoms with van der Waals surface area (Å²) in [6, 6.07) is 6.81. The Morgan fingerprint density at radius 2 is 2.04 bits per heavy atom. The van der Waals surface area contributed by atoms with Gasteiger partial charge in [0.05, 0.1) is 11.9 Å². The summed E-state index contributed by atoms with van der Waals surface area (Å²) in [4.78, 5) is 13.2. The molecule has 0 fully saturated rings. The van der Waals surface area contributed by atoms with Crippen molar-refractivity contribution < 1.29 is 18.7 Å². The first-order chi connectivity index (χ1) is 11.8. The number of carbonyl (C=O) groups is 1. The van der Waals surface area contributed by atoms with Crippen LogP contribution in [0.5, 0.6) is 0 Å². The van der Waals surface area contributed by atoms with Gasteiger partial charge in [-0.05, 0) is 18.2 Å². The molecule has 0 bridgehead atoms. The van der Waals surface area contributed by atoms with Crippen LogP contribution in [-0.2, 0) is 11.3 Å². The van der Waals surface area contributed by atoms with Gasteiger partial charge in [0.25, 0.3) is 5.97 Å². The maximum atomic E-state index is 13.7. The Hall–Kier alpha value is -3.36. The predicted octanol–water partition coefficient (Wildman–Crippen LogP) is 2.13. The monoisotopic (exact) mass is 347 g/mol. The predicted molar refractivity (Wildman–Crippen MR) is 87.3 cm³/mol. The summed E-state index contributed by atoms with van der Waals surface area (Å²) in [7, 11) is 0. The summed E-state index contributed by atoms with van der Waals surface area (Å²) in [5.41, 5.74) is 6.56. The molecular formula is C16H15F2N5O2. The number of amidine groups is 1. The molecule has 2 aromatic heterocycles. The van der Waals surface area contributed by atoms with Crippen LogP contribution in [0, 0.1) is 17.0 Å². The topological polar surface area (TPSA) is 118 Å². The van der Waals surface area contributed by atoms with E-state index >= 15 is 0 Å². The molecular weight excluding hydrogens is 332 g/mol. The van der Waals surface area contributed by atoms with Gasteiger partial charge in [-0.2, -0.15) is 5.10 Å². The van der Waals surface area contributed by atoms with E-state index in [4.69, 9.17) is 21.0 Å². The van der Waals surface area contributed by atoms with Crippen LogP contribution in [0.25, 0.3) is 11.0 Å². The van der Waals surface area contributed by atoms with Crippen LogP contribution >= 0.6 is 0 Å². The van der Waals surface area contributed by atoms with Crippen molar-refractivity contribution in [2.24, 2.45) is 5.73 Å². The Labute approximate surface area is 141 Å². The van der Waals surface area contributed by atoms with Gasteiger partial charge in [0.2, 0.25) is 0 Å². The Morgan fingerprint density at radius 1 is 1.36 bits per heavy atom. The number of aliphatic carboxylic acids is 1. The normalized spacial score (nSPS) is 10.2. The number of carboxylic acid groups (broad SMARTS) is 1. The van der Waals surface area contributed by atoms with E-state index in [0.717, 1.165) is 13.0 Å². The molecule has 0 saturated carbocycles. The van der Waals surface area contributed by atoms with Crippen LogP contribution in [0.2, 0.25) is 0 Å². The molecule has 0 radical (unpaired) electrons. The number of pyridine rings is 1. The van der Waals surface area contributed by atoms with Crippen molar-refractivity contribution in [3.8, 4) is 0 Å². The van der Waals surface area contributed by atoms with Gasteiger partial charge < -0.3 is 10.8 Å². The third-order valence-corrected chi connectivity index (χ3v) is 3.10. The summed E-state index contributed by atoms with van der Waals surface area (Å²) < 4.78 is 28.1. The van der Waals surface area contributed by atoms with Gasteiger partial charge in [-0.15, -0.1) is 0 Å². The van der Waals surface area contributed by atoms with Crippen LogP contribution < -0.4 is 5.73 Å². The molecule has 0 saturated heterocycles. The quantitative estimate of drug-likeness (QED) is 0.495. The molecule has 0 spiro atoms. The summed E-state index contributed by atoms with van der Waals surface area (Å²) in [5.74, 6) is -2.31. The molecule has 0 atom stereocenters. The lowest BCUT2D eigenvalue weighted by molar-refractivity contribution is -0.134. The largest absolute Gasteiger partial charge is 0.481 e. The van der Waals surface area contributed by atoms with E-state index in [2.05, 4.69) is 10.1 Å².